The van der Waals surface area contributed by atoms with Crippen molar-refractivity contribution in [2.24, 2.45) is 0 Å². The number of carbonyl (C=O) groups excluding carboxylic acids is 1. The van der Waals surface area contributed by atoms with E-state index in [9.17, 15) is 17.6 Å². The maximum atomic E-state index is 12.9. The maximum Gasteiger partial charge on any atom is 0.238 e. The smallest absolute Gasteiger partial charge is 0.238 e. The molecular formula is C13H16ClFN2O3S. The van der Waals surface area contributed by atoms with E-state index in [0.717, 1.165) is 0 Å². The lowest BCUT2D eigenvalue weighted by atomic mass is 10.2. The quantitative estimate of drug-likeness (QED) is 0.908. The average molecular weight is 335 g/mol. The van der Waals surface area contributed by atoms with Gasteiger partial charge < -0.3 is 5.32 Å². The molecule has 1 fully saturated rings. The van der Waals surface area contributed by atoms with E-state index in [1.165, 1.54) is 22.5 Å². The van der Waals surface area contributed by atoms with Crippen LogP contribution < -0.4 is 5.32 Å². The van der Waals surface area contributed by atoms with Crippen LogP contribution in [0.3, 0.4) is 0 Å². The number of likely N-dealkylation sites (N-methyl/N-ethyl adjacent to an activating group) is 1. The molecule has 1 unspecified atom stereocenters. The van der Waals surface area contributed by atoms with Crippen molar-refractivity contribution >= 4 is 27.5 Å². The van der Waals surface area contributed by atoms with E-state index >= 15 is 0 Å². The monoisotopic (exact) mass is 334 g/mol. The Kier molecular flexibility index (Phi) is 4.85. The summed E-state index contributed by atoms with van der Waals surface area (Å²) in [5, 5.41) is 2.88. The molecule has 1 aromatic carbocycles. The highest BCUT2D eigenvalue weighted by Gasteiger charge is 2.40. The molecule has 2 rings (SSSR count). The summed E-state index contributed by atoms with van der Waals surface area (Å²) in [6.45, 7) is 2.09. The van der Waals surface area contributed by atoms with Crippen LogP contribution in [0.4, 0.5) is 4.39 Å². The summed E-state index contributed by atoms with van der Waals surface area (Å²) >= 11 is 5.88. The van der Waals surface area contributed by atoms with Crippen molar-refractivity contribution in [2.75, 3.05) is 12.3 Å². The van der Waals surface area contributed by atoms with E-state index in [4.69, 9.17) is 11.6 Å². The first-order valence-corrected chi connectivity index (χ1v) is 8.55. The van der Waals surface area contributed by atoms with E-state index < -0.39 is 21.9 Å². The zero-order valence-electron chi connectivity index (χ0n) is 11.5. The van der Waals surface area contributed by atoms with Gasteiger partial charge in [0.1, 0.15) is 11.9 Å². The number of nitrogens with zero attached hydrogens (tertiary/aromatic N) is 1. The maximum absolute atomic E-state index is 12.9. The first kappa shape index (κ1) is 16.2. The van der Waals surface area contributed by atoms with Crippen molar-refractivity contribution in [1.82, 2.24) is 9.62 Å². The lowest BCUT2D eigenvalue weighted by Crippen LogP contribution is -2.44. The van der Waals surface area contributed by atoms with Crippen molar-refractivity contribution in [3.8, 4) is 0 Å². The van der Waals surface area contributed by atoms with Crippen LogP contribution in [0.2, 0.25) is 5.02 Å². The fourth-order valence-electron chi connectivity index (χ4n) is 2.36. The van der Waals surface area contributed by atoms with E-state index in [0.29, 0.717) is 5.56 Å². The van der Waals surface area contributed by atoms with Gasteiger partial charge in [-0.15, -0.1) is 0 Å². The number of nitrogens with one attached hydrogen (secondary N) is 1. The molecule has 0 spiro atoms. The normalized spacial score (nSPS) is 21.4. The van der Waals surface area contributed by atoms with Gasteiger partial charge in [-0.05, 0) is 24.1 Å². The molecule has 1 saturated heterocycles. The number of amides is 1. The predicted molar refractivity (Wildman–Crippen MR) is 77.8 cm³/mol. The van der Waals surface area contributed by atoms with Crippen molar-refractivity contribution in [3.63, 3.8) is 0 Å². The van der Waals surface area contributed by atoms with E-state index in [2.05, 4.69) is 5.32 Å². The fourth-order valence-corrected chi connectivity index (χ4v) is 4.33. The Morgan fingerprint density at radius 1 is 1.52 bits per heavy atom. The molecule has 1 amide bonds. The molecule has 0 aliphatic carbocycles. The number of carbonyl (C=O) groups is 1. The second-order valence-corrected chi connectivity index (χ2v) is 7.23. The average Bonchev–Trinajstić information content (AvgIpc) is 2.72. The Morgan fingerprint density at radius 2 is 2.24 bits per heavy atom. The third kappa shape index (κ3) is 3.53. The zero-order chi connectivity index (χ0) is 15.6. The lowest BCUT2D eigenvalue weighted by Gasteiger charge is -2.20. The number of rotatable bonds is 4. The zero-order valence-corrected chi connectivity index (χ0v) is 13.0. The highest BCUT2D eigenvalue weighted by Crippen LogP contribution is 2.21. The van der Waals surface area contributed by atoms with Gasteiger partial charge in [-0.2, -0.15) is 4.31 Å². The minimum Gasteiger partial charge on any atom is -0.351 e. The highest BCUT2D eigenvalue weighted by atomic mass is 35.5. The van der Waals surface area contributed by atoms with Crippen molar-refractivity contribution in [1.29, 1.82) is 0 Å². The molecule has 1 aliphatic rings. The van der Waals surface area contributed by atoms with Gasteiger partial charge in [0, 0.05) is 18.1 Å². The van der Waals surface area contributed by atoms with Gasteiger partial charge >= 0.3 is 0 Å². The number of hydrogen-bond donors (Lipinski definition) is 1. The van der Waals surface area contributed by atoms with E-state index in [1.807, 2.05) is 0 Å². The van der Waals surface area contributed by atoms with Gasteiger partial charge in [-0.3, -0.25) is 4.79 Å². The number of hydrogen-bond acceptors (Lipinski definition) is 3. The standard InChI is InChI=1S/C13H16ClFN2O3S/c1-2-17-12(5-6-21(17,19)20)13(18)16-8-9-3-4-10(15)7-11(9)14/h3-4,7,12H,2,5-6,8H2,1H3,(H,16,18). The third-order valence-corrected chi connectivity index (χ3v) is 5.77. The molecular weight excluding hydrogens is 319 g/mol. The third-order valence-electron chi connectivity index (χ3n) is 3.44. The first-order valence-electron chi connectivity index (χ1n) is 6.56. The second kappa shape index (κ2) is 6.29. The van der Waals surface area contributed by atoms with E-state index in [-0.39, 0.29) is 36.2 Å². The lowest BCUT2D eigenvalue weighted by molar-refractivity contribution is -0.124. The number of sulfonamides is 1. The Labute approximate surface area is 128 Å². The van der Waals surface area contributed by atoms with Crippen molar-refractivity contribution in [3.05, 3.63) is 34.6 Å². The number of halogens is 2. The summed E-state index contributed by atoms with van der Waals surface area (Å²) in [5.41, 5.74) is 0.579. The predicted octanol–water partition coefficient (Wildman–Crippen LogP) is 1.52. The fraction of sp³-hybridized carbons (Fsp3) is 0.462. The summed E-state index contributed by atoms with van der Waals surface area (Å²) in [6.07, 6.45) is 0.277. The molecule has 0 radical (unpaired) electrons. The Hall–Kier alpha value is -1.18. The molecule has 5 nitrogen and oxygen atoms in total. The summed E-state index contributed by atoms with van der Waals surface area (Å²) in [7, 11) is -3.33. The molecule has 1 aromatic rings. The molecule has 116 valence electrons. The summed E-state index contributed by atoms with van der Waals surface area (Å²) in [5.74, 6) is -0.830. The number of benzene rings is 1. The molecule has 1 atom stereocenters. The van der Waals surface area contributed by atoms with Crippen LogP contribution >= 0.6 is 11.6 Å². The van der Waals surface area contributed by atoms with Crippen LogP contribution in [-0.2, 0) is 21.4 Å². The van der Waals surface area contributed by atoms with Crippen LogP contribution in [0.15, 0.2) is 18.2 Å². The first-order chi connectivity index (χ1) is 9.85. The van der Waals surface area contributed by atoms with Gasteiger partial charge in [-0.25, -0.2) is 12.8 Å². The Bertz CT molecular complexity index is 651. The van der Waals surface area contributed by atoms with Crippen LogP contribution in [0.1, 0.15) is 18.9 Å². The van der Waals surface area contributed by atoms with Crippen LogP contribution in [0, 0.1) is 5.82 Å². The minimum absolute atomic E-state index is 0.0176. The minimum atomic E-state index is -3.33. The van der Waals surface area contributed by atoms with Gasteiger partial charge in [-0.1, -0.05) is 24.6 Å². The van der Waals surface area contributed by atoms with E-state index in [1.54, 1.807) is 6.92 Å². The molecule has 0 saturated carbocycles. The Balaban J connectivity index is 2.02. The Morgan fingerprint density at radius 3 is 2.86 bits per heavy atom. The van der Waals surface area contributed by atoms with Crippen LogP contribution in [-0.4, -0.2) is 37.0 Å². The molecule has 0 aromatic heterocycles. The van der Waals surface area contributed by atoms with Crippen molar-refractivity contribution < 1.29 is 17.6 Å². The molecule has 1 heterocycles. The molecule has 1 aliphatic heterocycles. The highest BCUT2D eigenvalue weighted by molar-refractivity contribution is 7.89. The molecule has 21 heavy (non-hydrogen) atoms. The largest absolute Gasteiger partial charge is 0.351 e. The van der Waals surface area contributed by atoms with Gasteiger partial charge in [0.15, 0.2) is 0 Å². The van der Waals surface area contributed by atoms with Gasteiger partial charge in [0.2, 0.25) is 15.9 Å². The molecule has 8 heteroatoms. The van der Waals surface area contributed by atoms with Crippen LogP contribution in [0.25, 0.3) is 0 Å². The molecule has 0 bridgehead atoms. The summed E-state index contributed by atoms with van der Waals surface area (Å²) < 4.78 is 37.6. The van der Waals surface area contributed by atoms with Gasteiger partial charge in [0.25, 0.3) is 0 Å². The second-order valence-electron chi connectivity index (χ2n) is 4.78. The molecule has 1 N–H and O–H groups in total. The van der Waals surface area contributed by atoms with Crippen molar-refractivity contribution in [2.45, 2.75) is 25.9 Å². The van der Waals surface area contributed by atoms with Crippen LogP contribution in [0.5, 0.6) is 0 Å². The topological polar surface area (TPSA) is 66.5 Å². The van der Waals surface area contributed by atoms with Gasteiger partial charge in [0.05, 0.1) is 5.75 Å². The summed E-state index contributed by atoms with van der Waals surface area (Å²) in [4.78, 5) is 12.1. The summed E-state index contributed by atoms with van der Waals surface area (Å²) in [6, 6.07) is 3.23. The SMILES string of the molecule is CCN1C(C(=O)NCc2ccc(F)cc2Cl)CCS1(=O)=O.